The lowest BCUT2D eigenvalue weighted by molar-refractivity contribution is -0.131. The van der Waals surface area contributed by atoms with E-state index in [-0.39, 0.29) is 34.7 Å². The molecule has 0 bridgehead atoms. The number of nitrogens with zero attached hydrogens (tertiary/aromatic N) is 3. The van der Waals surface area contributed by atoms with Gasteiger partial charge >= 0.3 is 0 Å². The monoisotopic (exact) mass is 509 g/mol. The SMILES string of the molecule is CC(C)(C)c1ccc(-c2nnc(SCC(=O)NNC(=O)C3CCCCC3)n2-c2ccc(F)cc2)cc1. The first-order valence-electron chi connectivity index (χ1n) is 12.3. The van der Waals surface area contributed by atoms with Gasteiger partial charge in [-0.25, -0.2) is 4.39 Å². The second-order valence-electron chi connectivity index (χ2n) is 10.1. The number of amides is 2. The molecule has 0 radical (unpaired) electrons. The first-order valence-corrected chi connectivity index (χ1v) is 13.2. The fraction of sp³-hybridized carbons (Fsp3) is 0.407. The molecule has 0 aliphatic heterocycles. The Bertz CT molecular complexity index is 1200. The van der Waals surface area contributed by atoms with Gasteiger partial charge in [-0.2, -0.15) is 0 Å². The summed E-state index contributed by atoms with van der Waals surface area (Å²) in [5.74, 6) is -0.230. The number of thioether (sulfide) groups is 1. The van der Waals surface area contributed by atoms with Gasteiger partial charge in [-0.15, -0.1) is 10.2 Å². The third-order valence-corrected chi connectivity index (χ3v) is 7.29. The molecule has 0 unspecified atom stereocenters. The van der Waals surface area contributed by atoms with Crippen LogP contribution in [0.15, 0.2) is 53.7 Å². The summed E-state index contributed by atoms with van der Waals surface area (Å²) in [6.45, 7) is 6.46. The Morgan fingerprint density at radius 3 is 2.28 bits per heavy atom. The summed E-state index contributed by atoms with van der Waals surface area (Å²) in [7, 11) is 0. The number of halogens is 1. The van der Waals surface area contributed by atoms with Crippen molar-refractivity contribution in [2.75, 3.05) is 5.75 Å². The first kappa shape index (κ1) is 25.9. The average molecular weight is 510 g/mol. The summed E-state index contributed by atoms with van der Waals surface area (Å²) < 4.78 is 15.4. The number of carbonyl (C=O) groups is 2. The van der Waals surface area contributed by atoms with Gasteiger partial charge in [0, 0.05) is 17.2 Å². The van der Waals surface area contributed by atoms with Crippen LogP contribution in [0.1, 0.15) is 58.4 Å². The molecule has 3 aromatic rings. The van der Waals surface area contributed by atoms with Crippen LogP contribution in [-0.2, 0) is 15.0 Å². The molecule has 1 aliphatic carbocycles. The van der Waals surface area contributed by atoms with Crippen LogP contribution in [0.3, 0.4) is 0 Å². The smallest absolute Gasteiger partial charge is 0.248 e. The van der Waals surface area contributed by atoms with Gasteiger partial charge in [0.25, 0.3) is 0 Å². The first-order chi connectivity index (χ1) is 17.2. The van der Waals surface area contributed by atoms with Crippen molar-refractivity contribution >= 4 is 23.6 Å². The molecule has 0 spiro atoms. The normalized spacial score (nSPS) is 14.4. The van der Waals surface area contributed by atoms with Crippen molar-refractivity contribution < 1.29 is 14.0 Å². The second-order valence-corrected chi connectivity index (χ2v) is 11.0. The minimum atomic E-state index is -0.342. The molecule has 4 rings (SSSR count). The highest BCUT2D eigenvalue weighted by atomic mass is 32.2. The molecule has 9 heteroatoms. The van der Waals surface area contributed by atoms with E-state index >= 15 is 0 Å². The largest absolute Gasteiger partial charge is 0.273 e. The quantitative estimate of drug-likeness (QED) is 0.353. The summed E-state index contributed by atoms with van der Waals surface area (Å²) in [5.41, 5.74) is 7.82. The minimum absolute atomic E-state index is 0.0178. The van der Waals surface area contributed by atoms with Crippen molar-refractivity contribution in [2.24, 2.45) is 5.92 Å². The molecule has 7 nitrogen and oxygen atoms in total. The maximum Gasteiger partial charge on any atom is 0.248 e. The van der Waals surface area contributed by atoms with E-state index in [4.69, 9.17) is 0 Å². The van der Waals surface area contributed by atoms with Crippen LogP contribution in [0, 0.1) is 11.7 Å². The Morgan fingerprint density at radius 1 is 0.972 bits per heavy atom. The van der Waals surface area contributed by atoms with Gasteiger partial charge < -0.3 is 0 Å². The molecule has 0 saturated heterocycles. The van der Waals surface area contributed by atoms with E-state index in [1.54, 1.807) is 12.1 Å². The Balaban J connectivity index is 1.49. The minimum Gasteiger partial charge on any atom is -0.273 e. The lowest BCUT2D eigenvalue weighted by Gasteiger charge is -2.20. The van der Waals surface area contributed by atoms with Gasteiger partial charge in [0.1, 0.15) is 5.82 Å². The standard InChI is InChI=1S/C27H32FN5O2S/c1-27(2,3)20-11-9-18(10-12-20)24-30-32-26(33(24)22-15-13-21(28)14-16-22)36-17-23(34)29-31-25(35)19-7-5-4-6-8-19/h9-16,19H,4-8,17H2,1-3H3,(H,29,34)(H,31,35). The van der Waals surface area contributed by atoms with Crippen molar-refractivity contribution in [1.29, 1.82) is 0 Å². The van der Waals surface area contributed by atoms with Crippen molar-refractivity contribution in [3.63, 3.8) is 0 Å². The van der Waals surface area contributed by atoms with Crippen LogP contribution < -0.4 is 10.9 Å². The maximum absolute atomic E-state index is 13.6. The molecule has 1 heterocycles. The van der Waals surface area contributed by atoms with E-state index in [9.17, 15) is 14.0 Å². The lowest BCUT2D eigenvalue weighted by Crippen LogP contribution is -2.45. The van der Waals surface area contributed by atoms with Crippen molar-refractivity contribution in [3.05, 3.63) is 59.9 Å². The Morgan fingerprint density at radius 2 is 1.64 bits per heavy atom. The molecule has 0 atom stereocenters. The van der Waals surface area contributed by atoms with Crippen LogP contribution in [0.25, 0.3) is 17.1 Å². The highest BCUT2D eigenvalue weighted by Crippen LogP contribution is 2.30. The van der Waals surface area contributed by atoms with Gasteiger partial charge in [0.05, 0.1) is 5.75 Å². The van der Waals surface area contributed by atoms with Crippen molar-refractivity contribution in [1.82, 2.24) is 25.6 Å². The van der Waals surface area contributed by atoms with E-state index in [0.29, 0.717) is 16.7 Å². The maximum atomic E-state index is 13.6. The topological polar surface area (TPSA) is 88.9 Å². The van der Waals surface area contributed by atoms with Crippen LogP contribution in [0.2, 0.25) is 0 Å². The second kappa shape index (κ2) is 11.2. The van der Waals surface area contributed by atoms with E-state index in [1.165, 1.54) is 29.5 Å². The van der Waals surface area contributed by atoms with Crippen LogP contribution in [-0.4, -0.2) is 32.3 Å². The fourth-order valence-electron chi connectivity index (χ4n) is 4.26. The van der Waals surface area contributed by atoms with E-state index in [1.807, 2.05) is 16.7 Å². The summed E-state index contributed by atoms with van der Waals surface area (Å²) in [5, 5.41) is 9.20. The highest BCUT2D eigenvalue weighted by Gasteiger charge is 2.22. The number of aromatic nitrogens is 3. The fourth-order valence-corrected chi connectivity index (χ4v) is 5.01. The average Bonchev–Trinajstić information content (AvgIpc) is 3.30. The molecule has 2 amide bonds. The predicted molar refractivity (Wildman–Crippen MR) is 139 cm³/mol. The molecule has 190 valence electrons. The van der Waals surface area contributed by atoms with Gasteiger partial charge in [-0.05, 0) is 48.1 Å². The van der Waals surface area contributed by atoms with Crippen LogP contribution in [0.4, 0.5) is 4.39 Å². The van der Waals surface area contributed by atoms with Gasteiger partial charge in [-0.3, -0.25) is 25.0 Å². The molecule has 36 heavy (non-hydrogen) atoms. The number of nitrogens with one attached hydrogen (secondary N) is 2. The molecular weight excluding hydrogens is 477 g/mol. The Kier molecular flexibility index (Phi) is 8.08. The highest BCUT2D eigenvalue weighted by molar-refractivity contribution is 7.99. The van der Waals surface area contributed by atoms with Gasteiger partial charge in [0.2, 0.25) is 11.8 Å². The zero-order valence-corrected chi connectivity index (χ0v) is 21.7. The molecule has 1 aromatic heterocycles. The third-order valence-electron chi connectivity index (χ3n) is 6.36. The third kappa shape index (κ3) is 6.32. The summed E-state index contributed by atoms with van der Waals surface area (Å²) in [4.78, 5) is 24.8. The molecule has 1 fully saturated rings. The zero-order valence-electron chi connectivity index (χ0n) is 20.9. The summed E-state index contributed by atoms with van der Waals surface area (Å²) in [6, 6.07) is 14.2. The molecule has 2 aromatic carbocycles. The molecule has 2 N–H and O–H groups in total. The van der Waals surface area contributed by atoms with Crippen LogP contribution >= 0.6 is 11.8 Å². The summed E-state index contributed by atoms with van der Waals surface area (Å²) >= 11 is 1.20. The number of carbonyl (C=O) groups excluding carboxylic acids is 2. The van der Waals surface area contributed by atoms with Gasteiger partial charge in [0.15, 0.2) is 11.0 Å². The number of rotatable bonds is 6. The number of hydrogen-bond acceptors (Lipinski definition) is 5. The molecule has 1 saturated carbocycles. The van der Waals surface area contributed by atoms with Gasteiger partial charge in [-0.1, -0.05) is 76.1 Å². The molecule has 1 aliphatic rings. The Hall–Kier alpha value is -3.20. The summed E-state index contributed by atoms with van der Waals surface area (Å²) in [6.07, 6.45) is 4.96. The number of hydrogen-bond donors (Lipinski definition) is 2. The van der Waals surface area contributed by atoms with Crippen molar-refractivity contribution in [3.8, 4) is 17.1 Å². The predicted octanol–water partition coefficient (Wildman–Crippen LogP) is 5.19. The van der Waals surface area contributed by atoms with E-state index in [2.05, 4.69) is 54.0 Å². The zero-order chi connectivity index (χ0) is 25.7. The molecular formula is C27H32FN5O2S. The van der Waals surface area contributed by atoms with Crippen molar-refractivity contribution in [2.45, 2.75) is 63.4 Å². The lowest BCUT2D eigenvalue weighted by atomic mass is 9.87. The number of benzene rings is 2. The van der Waals surface area contributed by atoms with E-state index < -0.39 is 0 Å². The Labute approximate surface area is 215 Å². The number of hydrazine groups is 1. The van der Waals surface area contributed by atoms with Crippen LogP contribution in [0.5, 0.6) is 0 Å². The van der Waals surface area contributed by atoms with E-state index in [0.717, 1.165) is 37.7 Å².